The van der Waals surface area contributed by atoms with Crippen LogP contribution in [0.1, 0.15) is 12.5 Å². The van der Waals surface area contributed by atoms with Gasteiger partial charge in [-0.05, 0) is 5.56 Å². The van der Waals surface area contributed by atoms with Gasteiger partial charge in [-0.15, -0.1) is 0 Å². The largest absolute Gasteiger partial charge is 0.480 e. The molecule has 18 heavy (non-hydrogen) atoms. The van der Waals surface area contributed by atoms with Crippen LogP contribution < -0.4 is 0 Å². The molecule has 1 aromatic carbocycles. The van der Waals surface area contributed by atoms with E-state index >= 15 is 0 Å². The van der Waals surface area contributed by atoms with Gasteiger partial charge in [0.15, 0.2) is 0 Å². The zero-order valence-electron chi connectivity index (χ0n) is 10.1. The highest BCUT2D eigenvalue weighted by molar-refractivity contribution is 5.82. The molecule has 2 rings (SSSR count). The summed E-state index contributed by atoms with van der Waals surface area (Å²) >= 11 is 0. The molecular weight excluding hydrogens is 234 g/mol. The second kappa shape index (κ2) is 5.08. The summed E-state index contributed by atoms with van der Waals surface area (Å²) in [5.74, 6) is -1.00. The number of carbonyl (C=O) groups is 2. The third-order valence-corrected chi connectivity index (χ3v) is 3.05. The third-order valence-electron chi connectivity index (χ3n) is 3.05. The van der Waals surface area contributed by atoms with Gasteiger partial charge in [0.2, 0.25) is 0 Å². The Morgan fingerprint density at radius 1 is 1.39 bits per heavy atom. The van der Waals surface area contributed by atoms with Gasteiger partial charge in [-0.3, -0.25) is 4.90 Å². The number of hydrogen-bond donors (Lipinski definition) is 1. The Labute approximate surface area is 105 Å². The lowest BCUT2D eigenvalue weighted by molar-refractivity contribution is -0.150. The summed E-state index contributed by atoms with van der Waals surface area (Å²) in [6.45, 7) is 2.40. The standard InChI is InChI=1S/C13H15NO4/c1-9-7-14(11(9)12(15)16)13(17)18-8-10-5-3-2-4-6-10/h2-6,9,11H,7-8H2,1H3,(H,15,16). The molecule has 1 saturated heterocycles. The SMILES string of the molecule is CC1CN(C(=O)OCc2ccccc2)C1C(=O)O. The van der Waals surface area contributed by atoms with Crippen LogP contribution in [-0.4, -0.2) is 34.7 Å². The van der Waals surface area contributed by atoms with E-state index in [1.54, 1.807) is 6.92 Å². The first kappa shape index (κ1) is 12.4. The molecule has 1 aliphatic rings. The molecule has 96 valence electrons. The summed E-state index contributed by atoms with van der Waals surface area (Å²) < 4.78 is 5.08. The van der Waals surface area contributed by atoms with Crippen molar-refractivity contribution < 1.29 is 19.4 Å². The van der Waals surface area contributed by atoms with Crippen molar-refractivity contribution >= 4 is 12.1 Å². The monoisotopic (exact) mass is 249 g/mol. The van der Waals surface area contributed by atoms with Crippen molar-refractivity contribution in [3.63, 3.8) is 0 Å². The first-order valence-corrected chi connectivity index (χ1v) is 5.79. The van der Waals surface area contributed by atoms with Gasteiger partial charge in [-0.25, -0.2) is 9.59 Å². The quantitative estimate of drug-likeness (QED) is 0.885. The number of nitrogens with zero attached hydrogens (tertiary/aromatic N) is 1. The normalized spacial score (nSPS) is 22.2. The summed E-state index contributed by atoms with van der Waals surface area (Å²) in [6.07, 6.45) is -0.565. The number of ether oxygens (including phenoxy) is 1. The number of carboxylic acid groups (broad SMARTS) is 1. The number of hydrogen-bond acceptors (Lipinski definition) is 3. The van der Waals surface area contributed by atoms with Crippen LogP contribution in [0.4, 0.5) is 4.79 Å². The van der Waals surface area contributed by atoms with Crippen molar-refractivity contribution in [2.24, 2.45) is 5.92 Å². The van der Waals surface area contributed by atoms with Gasteiger partial charge >= 0.3 is 12.1 Å². The van der Waals surface area contributed by atoms with Crippen LogP contribution in [0.5, 0.6) is 0 Å². The summed E-state index contributed by atoms with van der Waals surface area (Å²) in [6, 6.07) is 8.53. The molecule has 1 amide bonds. The maximum atomic E-state index is 11.7. The van der Waals surface area contributed by atoms with Crippen molar-refractivity contribution in [2.75, 3.05) is 6.54 Å². The van der Waals surface area contributed by atoms with Crippen molar-refractivity contribution in [3.8, 4) is 0 Å². The molecule has 5 nitrogen and oxygen atoms in total. The van der Waals surface area contributed by atoms with E-state index in [1.807, 2.05) is 30.3 Å². The fourth-order valence-corrected chi connectivity index (χ4v) is 2.06. The number of rotatable bonds is 3. The van der Waals surface area contributed by atoms with Gasteiger partial charge in [0.05, 0.1) is 0 Å². The average molecular weight is 249 g/mol. The molecule has 0 aliphatic carbocycles. The van der Waals surface area contributed by atoms with Gasteiger partial charge in [-0.2, -0.15) is 0 Å². The zero-order chi connectivity index (χ0) is 13.1. The zero-order valence-corrected chi connectivity index (χ0v) is 10.1. The lowest BCUT2D eigenvalue weighted by Crippen LogP contribution is -2.61. The summed E-state index contributed by atoms with van der Waals surface area (Å²) in [5, 5.41) is 8.96. The number of likely N-dealkylation sites (tertiary alicyclic amines) is 1. The van der Waals surface area contributed by atoms with Crippen LogP contribution in [0.15, 0.2) is 30.3 Å². The second-order valence-electron chi connectivity index (χ2n) is 4.45. The molecule has 1 fully saturated rings. The fraction of sp³-hybridized carbons (Fsp3) is 0.385. The predicted octanol–water partition coefficient (Wildman–Crippen LogP) is 1.73. The molecule has 5 heteroatoms. The van der Waals surface area contributed by atoms with Crippen molar-refractivity contribution in [3.05, 3.63) is 35.9 Å². The Morgan fingerprint density at radius 2 is 2.06 bits per heavy atom. The van der Waals surface area contributed by atoms with E-state index in [4.69, 9.17) is 9.84 Å². The number of benzene rings is 1. The summed E-state index contributed by atoms with van der Waals surface area (Å²) in [4.78, 5) is 23.9. The molecule has 2 unspecified atom stereocenters. The molecule has 0 aromatic heterocycles. The number of amides is 1. The minimum atomic E-state index is -0.981. The maximum Gasteiger partial charge on any atom is 0.410 e. The minimum absolute atomic E-state index is 0.0215. The van der Waals surface area contributed by atoms with E-state index < -0.39 is 18.1 Å². The van der Waals surface area contributed by atoms with Gasteiger partial charge in [0.1, 0.15) is 12.6 Å². The molecule has 0 bridgehead atoms. The molecule has 2 atom stereocenters. The van der Waals surface area contributed by atoms with Crippen LogP contribution in [0.3, 0.4) is 0 Å². The van der Waals surface area contributed by atoms with Crippen molar-refractivity contribution in [1.82, 2.24) is 4.90 Å². The van der Waals surface area contributed by atoms with E-state index in [2.05, 4.69) is 0 Å². The fourth-order valence-electron chi connectivity index (χ4n) is 2.06. The first-order valence-electron chi connectivity index (χ1n) is 5.79. The Bertz CT molecular complexity index is 446. The highest BCUT2D eigenvalue weighted by atomic mass is 16.6. The number of aliphatic carboxylic acids is 1. The van der Waals surface area contributed by atoms with Crippen molar-refractivity contribution in [2.45, 2.75) is 19.6 Å². The van der Waals surface area contributed by atoms with E-state index in [9.17, 15) is 9.59 Å². The molecule has 1 heterocycles. The number of carboxylic acids is 1. The van der Waals surface area contributed by atoms with Gasteiger partial charge in [0, 0.05) is 12.5 Å². The van der Waals surface area contributed by atoms with E-state index in [0.717, 1.165) is 5.56 Å². The van der Waals surface area contributed by atoms with Gasteiger partial charge < -0.3 is 9.84 Å². The lowest BCUT2D eigenvalue weighted by atomic mass is 9.91. The van der Waals surface area contributed by atoms with Gasteiger partial charge in [0.25, 0.3) is 0 Å². The maximum absolute atomic E-state index is 11.7. The van der Waals surface area contributed by atoms with Crippen LogP contribution in [0.25, 0.3) is 0 Å². The molecule has 0 radical (unpaired) electrons. The first-order chi connectivity index (χ1) is 8.59. The molecule has 0 spiro atoms. The highest BCUT2D eigenvalue weighted by Gasteiger charge is 2.44. The van der Waals surface area contributed by atoms with E-state index in [0.29, 0.717) is 6.54 Å². The Morgan fingerprint density at radius 3 is 2.61 bits per heavy atom. The van der Waals surface area contributed by atoms with Crippen LogP contribution in [0.2, 0.25) is 0 Å². The van der Waals surface area contributed by atoms with E-state index in [-0.39, 0.29) is 12.5 Å². The third kappa shape index (κ3) is 2.45. The number of carbonyl (C=O) groups excluding carboxylic acids is 1. The lowest BCUT2D eigenvalue weighted by Gasteiger charge is -2.42. The summed E-state index contributed by atoms with van der Waals surface area (Å²) in [7, 11) is 0. The Balaban J connectivity index is 1.88. The Kier molecular flexibility index (Phi) is 3.50. The molecule has 1 aromatic rings. The van der Waals surface area contributed by atoms with Crippen molar-refractivity contribution in [1.29, 1.82) is 0 Å². The topological polar surface area (TPSA) is 66.8 Å². The smallest absolute Gasteiger partial charge is 0.410 e. The average Bonchev–Trinajstić information content (AvgIpc) is 2.33. The predicted molar refractivity (Wildman–Crippen MR) is 63.9 cm³/mol. The van der Waals surface area contributed by atoms with Crippen LogP contribution in [0, 0.1) is 5.92 Å². The highest BCUT2D eigenvalue weighted by Crippen LogP contribution is 2.25. The van der Waals surface area contributed by atoms with Crippen LogP contribution >= 0.6 is 0 Å². The Hall–Kier alpha value is -2.04. The minimum Gasteiger partial charge on any atom is -0.480 e. The second-order valence-corrected chi connectivity index (χ2v) is 4.45. The van der Waals surface area contributed by atoms with E-state index in [1.165, 1.54) is 4.90 Å². The molecular formula is C13H15NO4. The molecule has 1 N–H and O–H groups in total. The summed E-state index contributed by atoms with van der Waals surface area (Å²) in [5.41, 5.74) is 0.881. The van der Waals surface area contributed by atoms with Crippen LogP contribution in [-0.2, 0) is 16.1 Å². The molecule has 1 aliphatic heterocycles. The molecule has 0 saturated carbocycles. The van der Waals surface area contributed by atoms with Gasteiger partial charge in [-0.1, -0.05) is 37.3 Å².